The molecule has 1 aromatic carbocycles. The molecule has 1 aliphatic rings. The number of benzene rings is 1. The molecule has 2 N–H and O–H groups in total. The molecule has 1 fully saturated rings. The molecule has 0 aromatic heterocycles. The SMILES string of the molecule is CC(C=CC=C(C)C=Cc1ccc(C)c(C)c1C)=CC=CC=C(C)C=CC=C(C)C(O)=CC(=O)C1(C)CC(O)CC1(C)C. The van der Waals surface area contributed by atoms with Crippen LogP contribution in [0.4, 0.5) is 0 Å². The molecule has 1 saturated carbocycles. The summed E-state index contributed by atoms with van der Waals surface area (Å²) in [4.78, 5) is 13.0. The molecule has 1 aliphatic carbocycles. The minimum Gasteiger partial charge on any atom is -0.508 e. The summed E-state index contributed by atoms with van der Waals surface area (Å²) in [5.41, 5.74) is 8.24. The smallest absolute Gasteiger partial charge is 0.165 e. The standard InChI is InChI=1S/C40H52O3/c1-28(17-13-18-30(3)21-23-35-24-22-31(4)33(6)34(35)7)15-11-12-16-29(2)19-14-20-32(5)37(42)25-38(43)40(10)27-36(41)26-39(40,8)9/h11-25,36,41-42H,26-27H2,1-10H3. The Morgan fingerprint density at radius 1 is 0.767 bits per heavy atom. The molecule has 3 heteroatoms. The van der Waals surface area contributed by atoms with Crippen LogP contribution in [0.15, 0.2) is 113 Å². The highest BCUT2D eigenvalue weighted by molar-refractivity contribution is 5.96. The lowest BCUT2D eigenvalue weighted by molar-refractivity contribution is -0.127. The lowest BCUT2D eigenvalue weighted by Gasteiger charge is -2.35. The molecule has 2 atom stereocenters. The van der Waals surface area contributed by atoms with Crippen LogP contribution in [0.5, 0.6) is 0 Å². The third-order valence-electron chi connectivity index (χ3n) is 8.98. The maximum Gasteiger partial charge on any atom is 0.165 e. The molecule has 0 heterocycles. The number of hydrogen-bond donors (Lipinski definition) is 2. The van der Waals surface area contributed by atoms with Crippen LogP contribution in [0.3, 0.4) is 0 Å². The Bertz CT molecular complexity index is 1450. The molecular weight excluding hydrogens is 528 g/mol. The zero-order valence-electron chi connectivity index (χ0n) is 28.0. The van der Waals surface area contributed by atoms with Gasteiger partial charge in [0, 0.05) is 11.5 Å². The van der Waals surface area contributed by atoms with Crippen LogP contribution < -0.4 is 0 Å². The Morgan fingerprint density at radius 2 is 1.30 bits per heavy atom. The molecule has 0 bridgehead atoms. The summed E-state index contributed by atoms with van der Waals surface area (Å²) in [7, 11) is 0. The molecular formula is C40H52O3. The normalized spacial score (nSPS) is 22.7. The second-order valence-electron chi connectivity index (χ2n) is 12.9. The molecule has 0 spiro atoms. The number of ketones is 1. The van der Waals surface area contributed by atoms with Crippen molar-refractivity contribution in [1.29, 1.82) is 0 Å². The predicted octanol–water partition coefficient (Wildman–Crippen LogP) is 10.3. The lowest BCUT2D eigenvalue weighted by atomic mass is 9.66. The number of allylic oxidation sites excluding steroid dienone is 16. The Hall–Kier alpha value is -3.69. The van der Waals surface area contributed by atoms with Crippen LogP contribution in [-0.2, 0) is 4.79 Å². The largest absolute Gasteiger partial charge is 0.508 e. The zero-order valence-corrected chi connectivity index (χ0v) is 28.0. The highest BCUT2D eigenvalue weighted by Crippen LogP contribution is 2.53. The Labute approximate surface area is 260 Å². The number of rotatable bonds is 11. The van der Waals surface area contributed by atoms with Crippen molar-refractivity contribution in [3.63, 3.8) is 0 Å². The van der Waals surface area contributed by atoms with E-state index < -0.39 is 11.5 Å². The number of aliphatic hydroxyl groups is 2. The Kier molecular flexibility index (Phi) is 13.0. The number of hydrogen-bond acceptors (Lipinski definition) is 3. The minimum absolute atomic E-state index is 0.0410. The molecule has 0 aliphatic heterocycles. The molecule has 2 rings (SSSR count). The molecule has 0 saturated heterocycles. The Balaban J connectivity index is 1.93. The van der Waals surface area contributed by atoms with E-state index in [1.165, 1.54) is 33.9 Å². The number of aliphatic hydroxyl groups excluding tert-OH is 2. The van der Waals surface area contributed by atoms with Crippen LogP contribution in [0.1, 0.15) is 83.6 Å². The summed E-state index contributed by atoms with van der Waals surface area (Å²) in [6.45, 7) is 20.3. The zero-order chi connectivity index (χ0) is 32.4. The van der Waals surface area contributed by atoms with E-state index in [2.05, 4.69) is 83.2 Å². The first-order chi connectivity index (χ1) is 20.1. The van der Waals surface area contributed by atoms with Gasteiger partial charge in [0.2, 0.25) is 0 Å². The van der Waals surface area contributed by atoms with Crippen molar-refractivity contribution in [2.24, 2.45) is 10.8 Å². The fraction of sp³-hybridized carbons (Fsp3) is 0.375. The van der Waals surface area contributed by atoms with Gasteiger partial charge in [0.05, 0.1) is 6.10 Å². The molecule has 0 radical (unpaired) electrons. The third kappa shape index (κ3) is 10.2. The van der Waals surface area contributed by atoms with Crippen molar-refractivity contribution in [3.8, 4) is 0 Å². The number of carbonyl (C=O) groups excluding carboxylic acids is 1. The summed E-state index contributed by atoms with van der Waals surface area (Å²) < 4.78 is 0. The van der Waals surface area contributed by atoms with E-state index in [1.807, 2.05) is 58.1 Å². The molecule has 230 valence electrons. The van der Waals surface area contributed by atoms with Gasteiger partial charge in [-0.25, -0.2) is 0 Å². The Morgan fingerprint density at radius 3 is 1.86 bits per heavy atom. The maximum absolute atomic E-state index is 13.0. The van der Waals surface area contributed by atoms with E-state index in [4.69, 9.17) is 0 Å². The summed E-state index contributed by atoms with van der Waals surface area (Å²) in [6, 6.07) is 4.36. The molecule has 0 amide bonds. The summed E-state index contributed by atoms with van der Waals surface area (Å²) in [5.74, 6) is -0.185. The first-order valence-corrected chi connectivity index (χ1v) is 15.2. The number of carbonyl (C=O) groups is 1. The second-order valence-corrected chi connectivity index (χ2v) is 12.9. The van der Waals surface area contributed by atoms with Crippen molar-refractivity contribution in [3.05, 3.63) is 135 Å². The average molecular weight is 581 g/mol. The van der Waals surface area contributed by atoms with Crippen LogP contribution in [0.2, 0.25) is 0 Å². The first kappa shape index (κ1) is 35.5. The average Bonchev–Trinajstić information content (AvgIpc) is 3.15. The van der Waals surface area contributed by atoms with Gasteiger partial charge in [-0.05, 0) is 94.5 Å². The van der Waals surface area contributed by atoms with Crippen molar-refractivity contribution in [2.75, 3.05) is 0 Å². The van der Waals surface area contributed by atoms with Crippen LogP contribution in [0, 0.1) is 31.6 Å². The van der Waals surface area contributed by atoms with E-state index in [0.717, 1.165) is 11.1 Å². The van der Waals surface area contributed by atoms with Gasteiger partial charge in [-0.15, -0.1) is 0 Å². The topological polar surface area (TPSA) is 57.5 Å². The van der Waals surface area contributed by atoms with Crippen LogP contribution in [0.25, 0.3) is 6.08 Å². The first-order valence-electron chi connectivity index (χ1n) is 15.2. The monoisotopic (exact) mass is 580 g/mol. The minimum atomic E-state index is -0.696. The van der Waals surface area contributed by atoms with Crippen molar-refractivity contribution in [1.82, 2.24) is 0 Å². The van der Waals surface area contributed by atoms with Gasteiger partial charge in [0.15, 0.2) is 5.78 Å². The lowest BCUT2D eigenvalue weighted by Crippen LogP contribution is -2.36. The van der Waals surface area contributed by atoms with Gasteiger partial charge in [-0.2, -0.15) is 0 Å². The van der Waals surface area contributed by atoms with Crippen molar-refractivity contribution in [2.45, 2.75) is 88.2 Å². The summed E-state index contributed by atoms with van der Waals surface area (Å²) >= 11 is 0. The van der Waals surface area contributed by atoms with Gasteiger partial charge in [-0.1, -0.05) is 123 Å². The highest BCUT2D eigenvalue weighted by Gasteiger charge is 2.53. The van der Waals surface area contributed by atoms with E-state index in [9.17, 15) is 15.0 Å². The van der Waals surface area contributed by atoms with Gasteiger partial charge in [0.1, 0.15) is 5.76 Å². The van der Waals surface area contributed by atoms with Gasteiger partial charge in [-0.3, -0.25) is 4.79 Å². The number of aryl methyl sites for hydroxylation is 1. The second kappa shape index (κ2) is 15.7. The summed E-state index contributed by atoms with van der Waals surface area (Å²) in [5, 5.41) is 20.6. The fourth-order valence-corrected chi connectivity index (χ4v) is 5.21. The third-order valence-corrected chi connectivity index (χ3v) is 8.98. The van der Waals surface area contributed by atoms with Crippen LogP contribution >= 0.6 is 0 Å². The van der Waals surface area contributed by atoms with Gasteiger partial charge < -0.3 is 10.2 Å². The van der Waals surface area contributed by atoms with E-state index in [0.29, 0.717) is 18.4 Å². The van der Waals surface area contributed by atoms with Gasteiger partial charge >= 0.3 is 0 Å². The van der Waals surface area contributed by atoms with E-state index >= 15 is 0 Å². The van der Waals surface area contributed by atoms with E-state index in [-0.39, 0.29) is 17.0 Å². The fourth-order valence-electron chi connectivity index (χ4n) is 5.21. The summed E-state index contributed by atoms with van der Waals surface area (Å²) in [6.07, 6.45) is 26.1. The molecule has 3 nitrogen and oxygen atoms in total. The van der Waals surface area contributed by atoms with Crippen LogP contribution in [-0.4, -0.2) is 22.1 Å². The molecule has 43 heavy (non-hydrogen) atoms. The van der Waals surface area contributed by atoms with Crippen molar-refractivity contribution >= 4 is 11.9 Å². The van der Waals surface area contributed by atoms with Gasteiger partial charge in [0.25, 0.3) is 0 Å². The molecule has 2 unspecified atom stereocenters. The highest BCUT2D eigenvalue weighted by atomic mass is 16.3. The quantitative estimate of drug-likeness (QED) is 0.155. The maximum atomic E-state index is 13.0. The van der Waals surface area contributed by atoms with Crippen molar-refractivity contribution < 1.29 is 15.0 Å². The molecule has 1 aromatic rings. The van der Waals surface area contributed by atoms with E-state index in [1.54, 1.807) is 13.0 Å². The predicted molar refractivity (Wildman–Crippen MR) is 185 cm³/mol.